The fraction of sp³-hybridized carbons (Fsp3) is 0.800. The molecule has 3 N–H and O–H groups in total. The molecule has 1 amide bonds. The van der Waals surface area contributed by atoms with Crippen LogP contribution in [0.25, 0.3) is 0 Å². The van der Waals surface area contributed by atoms with Gasteiger partial charge in [0.05, 0.1) is 13.2 Å². The molecular formula is C5H13N2O6P. The highest BCUT2D eigenvalue weighted by Gasteiger charge is 2.24. The number of rotatable bonds is 5. The van der Waals surface area contributed by atoms with Crippen molar-refractivity contribution in [1.82, 2.24) is 10.4 Å². The molecule has 0 aliphatic heterocycles. The van der Waals surface area contributed by atoms with Crippen LogP contribution in [0.2, 0.25) is 0 Å². The van der Waals surface area contributed by atoms with Crippen LogP contribution >= 0.6 is 7.75 Å². The van der Waals surface area contributed by atoms with Crippen molar-refractivity contribution in [2.45, 2.75) is 13.8 Å². The van der Waals surface area contributed by atoms with Gasteiger partial charge < -0.3 is 14.5 Å². The first-order chi connectivity index (χ1) is 6.40. The highest BCUT2D eigenvalue weighted by molar-refractivity contribution is 7.49. The molecular weight excluding hydrogens is 215 g/mol. The van der Waals surface area contributed by atoms with Gasteiger partial charge in [0.15, 0.2) is 0 Å². The average molecular weight is 228 g/mol. The fourth-order valence-corrected chi connectivity index (χ4v) is 0.928. The molecule has 9 heteroatoms. The molecule has 0 rings (SSSR count). The molecule has 0 aromatic carbocycles. The van der Waals surface area contributed by atoms with Crippen molar-refractivity contribution < 1.29 is 28.7 Å². The van der Waals surface area contributed by atoms with Crippen LogP contribution in [0.15, 0.2) is 0 Å². The van der Waals surface area contributed by atoms with Gasteiger partial charge in [-0.3, -0.25) is 4.84 Å². The molecule has 0 spiro atoms. The van der Waals surface area contributed by atoms with E-state index in [0.717, 1.165) is 0 Å². The van der Waals surface area contributed by atoms with Crippen LogP contribution in [-0.2, 0) is 14.1 Å². The average Bonchev–Trinajstić information content (AvgIpc) is 2.01. The quantitative estimate of drug-likeness (QED) is 0.448. The molecule has 0 aromatic rings. The highest BCUT2D eigenvalue weighted by Crippen LogP contribution is 2.28. The summed E-state index contributed by atoms with van der Waals surface area (Å²) >= 11 is 0. The maximum Gasteiger partial charge on any atom is 0.449 e. The van der Waals surface area contributed by atoms with Crippen molar-refractivity contribution in [2.75, 3.05) is 13.2 Å². The van der Waals surface area contributed by atoms with Crippen LogP contribution < -0.4 is 5.20 Å². The number of hydrazine groups is 1. The van der Waals surface area contributed by atoms with Crippen LogP contribution in [0.5, 0.6) is 0 Å². The second-order valence-corrected chi connectivity index (χ2v) is 3.34. The summed E-state index contributed by atoms with van der Waals surface area (Å²) in [5, 5.41) is 1.81. The lowest BCUT2D eigenvalue weighted by Crippen LogP contribution is -2.41. The number of ether oxygens (including phenoxy) is 1. The Morgan fingerprint density at radius 2 is 2.00 bits per heavy atom. The van der Waals surface area contributed by atoms with Gasteiger partial charge in [0.25, 0.3) is 0 Å². The Morgan fingerprint density at radius 3 is 2.36 bits per heavy atom. The van der Waals surface area contributed by atoms with Crippen molar-refractivity contribution in [2.24, 2.45) is 0 Å². The molecule has 0 aliphatic rings. The molecule has 0 radical (unpaired) electrons. The first-order valence-electron chi connectivity index (χ1n) is 3.84. The zero-order valence-electron chi connectivity index (χ0n) is 7.84. The predicted octanol–water partition coefficient (Wildman–Crippen LogP) is -0.00630. The van der Waals surface area contributed by atoms with Crippen molar-refractivity contribution in [3.8, 4) is 0 Å². The third-order valence-corrected chi connectivity index (χ3v) is 1.36. The first-order valence-corrected chi connectivity index (χ1v) is 5.45. The predicted molar refractivity (Wildman–Crippen MR) is 45.7 cm³/mol. The minimum Gasteiger partial charge on any atom is -0.447 e. The molecule has 0 aromatic heterocycles. The smallest absolute Gasteiger partial charge is 0.447 e. The van der Waals surface area contributed by atoms with Crippen LogP contribution in [-0.4, -0.2) is 34.3 Å². The molecule has 0 heterocycles. The molecule has 0 saturated carbocycles. The lowest BCUT2D eigenvalue weighted by Gasteiger charge is -2.20. The summed E-state index contributed by atoms with van der Waals surface area (Å²) in [6, 6.07) is 0. The Bertz CT molecular complexity index is 228. The van der Waals surface area contributed by atoms with E-state index in [9.17, 15) is 9.36 Å². The second kappa shape index (κ2) is 5.94. The monoisotopic (exact) mass is 228 g/mol. The third-order valence-electron chi connectivity index (χ3n) is 0.913. The van der Waals surface area contributed by atoms with E-state index in [1.54, 1.807) is 19.0 Å². The van der Waals surface area contributed by atoms with Gasteiger partial charge in [-0.15, -0.1) is 10.4 Å². The highest BCUT2D eigenvalue weighted by atomic mass is 31.2. The topological polar surface area (TPSA) is 108 Å². The van der Waals surface area contributed by atoms with E-state index in [4.69, 9.17) is 9.79 Å². The maximum atomic E-state index is 11.0. The van der Waals surface area contributed by atoms with E-state index in [-0.39, 0.29) is 18.4 Å². The minimum absolute atomic E-state index is 0.0613. The molecule has 0 bridgehead atoms. The fourth-order valence-electron chi connectivity index (χ4n) is 0.552. The van der Waals surface area contributed by atoms with Gasteiger partial charge in [-0.1, -0.05) is 0 Å². The van der Waals surface area contributed by atoms with E-state index in [0.29, 0.717) is 0 Å². The van der Waals surface area contributed by atoms with E-state index in [2.05, 4.69) is 9.57 Å². The number of carbonyl (C=O) groups excluding carboxylic acids is 1. The Kier molecular flexibility index (Phi) is 5.66. The van der Waals surface area contributed by atoms with Crippen molar-refractivity contribution in [3.05, 3.63) is 0 Å². The van der Waals surface area contributed by atoms with Crippen LogP contribution in [0.3, 0.4) is 0 Å². The minimum atomic E-state index is -4.58. The normalized spacial score (nSPS) is 11.1. The largest absolute Gasteiger partial charge is 0.449 e. The van der Waals surface area contributed by atoms with E-state index < -0.39 is 13.8 Å². The molecule has 14 heavy (non-hydrogen) atoms. The number of amides is 1. The number of nitrogens with zero attached hydrogens (tertiary/aromatic N) is 1. The lowest BCUT2D eigenvalue weighted by atomic mass is 10.9. The summed E-state index contributed by atoms with van der Waals surface area (Å²) in [5.41, 5.74) is 0. The number of carbonyl (C=O) groups is 1. The zero-order valence-corrected chi connectivity index (χ0v) is 8.73. The summed E-state index contributed by atoms with van der Waals surface area (Å²) in [6.45, 7) is 3.24. The van der Waals surface area contributed by atoms with E-state index >= 15 is 0 Å². The van der Waals surface area contributed by atoms with Gasteiger partial charge in [-0.2, -0.15) is 0 Å². The van der Waals surface area contributed by atoms with E-state index in [1.165, 1.54) is 0 Å². The number of hydroxylamine groups is 1. The van der Waals surface area contributed by atoms with Gasteiger partial charge in [-0.25, -0.2) is 9.36 Å². The van der Waals surface area contributed by atoms with Crippen molar-refractivity contribution >= 4 is 13.8 Å². The van der Waals surface area contributed by atoms with Gasteiger partial charge in [0, 0.05) is 0 Å². The Hall–Kier alpha value is -0.660. The molecule has 8 nitrogen and oxygen atoms in total. The van der Waals surface area contributed by atoms with Gasteiger partial charge >= 0.3 is 13.8 Å². The number of nitrogens with one attached hydrogen (secondary N) is 1. The van der Waals surface area contributed by atoms with Crippen LogP contribution in [0.1, 0.15) is 13.8 Å². The van der Waals surface area contributed by atoms with Crippen molar-refractivity contribution in [3.63, 3.8) is 0 Å². The summed E-state index contributed by atoms with van der Waals surface area (Å²) in [7, 11) is -4.58. The Labute approximate surface area is 80.9 Å². The molecule has 0 unspecified atom stereocenters. The van der Waals surface area contributed by atoms with Gasteiger partial charge in [0.1, 0.15) is 0 Å². The van der Waals surface area contributed by atoms with Crippen LogP contribution in [0, 0.1) is 0 Å². The summed E-state index contributed by atoms with van der Waals surface area (Å²) < 4.78 is 14.9. The molecule has 0 atom stereocenters. The zero-order chi connectivity index (χ0) is 11.2. The van der Waals surface area contributed by atoms with Crippen molar-refractivity contribution in [1.29, 1.82) is 0 Å². The number of hydrogen-bond acceptors (Lipinski definition) is 4. The molecule has 0 fully saturated rings. The molecule has 84 valence electrons. The first kappa shape index (κ1) is 13.3. The lowest BCUT2D eigenvalue weighted by molar-refractivity contribution is -0.152. The standard InChI is InChI=1S/C5H13N2O6P/c1-3-12-5(8)7(13-4-2)6-14(9,10)11/h3-4H2,1-2H3,(H3,6,9,10,11). The Balaban J connectivity index is 4.28. The Morgan fingerprint density at radius 1 is 1.43 bits per heavy atom. The van der Waals surface area contributed by atoms with E-state index in [1.807, 2.05) is 0 Å². The summed E-state index contributed by atoms with van der Waals surface area (Å²) in [4.78, 5) is 32.6. The van der Waals surface area contributed by atoms with Crippen LogP contribution in [0.4, 0.5) is 4.79 Å². The third kappa shape index (κ3) is 5.90. The second-order valence-electron chi connectivity index (χ2n) is 2.06. The summed E-state index contributed by atoms with van der Waals surface area (Å²) in [6.07, 6.45) is -1.02. The van der Waals surface area contributed by atoms with Gasteiger partial charge in [0.2, 0.25) is 0 Å². The van der Waals surface area contributed by atoms with Gasteiger partial charge in [-0.05, 0) is 13.8 Å². The SMILES string of the molecule is CCOC(=O)N(NP(=O)(O)O)OCC. The molecule has 0 aliphatic carbocycles. The molecule has 0 saturated heterocycles. The number of hydrogen-bond donors (Lipinski definition) is 3. The maximum absolute atomic E-state index is 11.0. The summed E-state index contributed by atoms with van der Waals surface area (Å²) in [5.74, 6) is 0.